The molecule has 0 spiro atoms. The smallest absolute Gasteiger partial charge is 0.220 e. The van der Waals surface area contributed by atoms with Crippen molar-refractivity contribution in [2.24, 2.45) is 10.9 Å². The van der Waals surface area contributed by atoms with E-state index in [0.717, 1.165) is 4.47 Å². The first-order valence-corrected chi connectivity index (χ1v) is 6.28. The van der Waals surface area contributed by atoms with Gasteiger partial charge in [0, 0.05) is 21.8 Å². The Labute approximate surface area is 118 Å². The lowest BCUT2D eigenvalue weighted by atomic mass is 10.2. The Morgan fingerprint density at radius 2 is 2.16 bits per heavy atom. The Bertz CT molecular complexity index is 629. The molecule has 0 atom stereocenters. The van der Waals surface area contributed by atoms with Gasteiger partial charge in [-0.1, -0.05) is 27.2 Å². The summed E-state index contributed by atoms with van der Waals surface area (Å²) >= 11 is 3.37. The second-order valence-corrected chi connectivity index (χ2v) is 4.80. The fraction of sp³-hybridized carbons (Fsp3) is 0.0769. The molecule has 6 heteroatoms. The number of aryl methyl sites for hydroxylation is 1. The molecule has 5 nitrogen and oxygen atoms in total. The highest BCUT2D eigenvalue weighted by atomic mass is 79.9. The van der Waals surface area contributed by atoms with Gasteiger partial charge in [0.05, 0.1) is 0 Å². The number of nitrogens with two attached hydrogens (primary N) is 1. The number of hydrogen-bond acceptors (Lipinski definition) is 4. The largest absolute Gasteiger partial charge is 0.439 e. The molecule has 2 rings (SSSR count). The molecule has 1 aromatic heterocycles. The topological polar surface area (TPSA) is 80.7 Å². The average molecular weight is 322 g/mol. The van der Waals surface area contributed by atoms with Gasteiger partial charge in [-0.05, 0) is 31.2 Å². The van der Waals surface area contributed by atoms with Gasteiger partial charge >= 0.3 is 0 Å². The van der Waals surface area contributed by atoms with Crippen molar-refractivity contribution in [2.75, 3.05) is 0 Å². The Morgan fingerprint density at radius 1 is 1.37 bits per heavy atom. The molecule has 0 unspecified atom stereocenters. The summed E-state index contributed by atoms with van der Waals surface area (Å²) in [6.45, 7) is 1.81. The summed E-state index contributed by atoms with van der Waals surface area (Å²) in [5.41, 5.74) is 6.83. The lowest BCUT2D eigenvalue weighted by Gasteiger charge is -2.08. The van der Waals surface area contributed by atoms with Gasteiger partial charge in [-0.25, -0.2) is 4.98 Å². The number of benzene rings is 1. The highest BCUT2D eigenvalue weighted by molar-refractivity contribution is 9.10. The van der Waals surface area contributed by atoms with Gasteiger partial charge in [0.25, 0.3) is 0 Å². The van der Waals surface area contributed by atoms with Crippen molar-refractivity contribution in [3.63, 3.8) is 0 Å². The van der Waals surface area contributed by atoms with E-state index >= 15 is 0 Å². The zero-order valence-corrected chi connectivity index (χ0v) is 11.8. The number of rotatable bonds is 3. The van der Waals surface area contributed by atoms with Gasteiger partial charge in [-0.2, -0.15) is 0 Å². The van der Waals surface area contributed by atoms with E-state index in [1.54, 1.807) is 12.1 Å². The van der Waals surface area contributed by atoms with E-state index in [4.69, 9.17) is 15.7 Å². The van der Waals surface area contributed by atoms with Crippen LogP contribution in [0.2, 0.25) is 0 Å². The number of ether oxygens (including phenoxy) is 1. The minimum absolute atomic E-state index is 0.0181. The molecule has 0 radical (unpaired) electrons. The molecule has 0 saturated heterocycles. The van der Waals surface area contributed by atoms with E-state index in [-0.39, 0.29) is 5.84 Å². The predicted octanol–water partition coefficient (Wildman–Crippen LogP) is 3.04. The molecule has 0 fully saturated rings. The van der Waals surface area contributed by atoms with Crippen LogP contribution in [0.25, 0.3) is 0 Å². The summed E-state index contributed by atoms with van der Waals surface area (Å²) in [5.74, 6) is 1.06. The Hall–Kier alpha value is -2.08. The molecule has 2 aromatic rings. The van der Waals surface area contributed by atoms with Crippen molar-refractivity contribution < 1.29 is 9.94 Å². The molecule has 1 aromatic carbocycles. The van der Waals surface area contributed by atoms with Gasteiger partial charge in [-0.15, -0.1) is 0 Å². The predicted molar refractivity (Wildman–Crippen MR) is 75.7 cm³/mol. The molecule has 98 valence electrons. The average Bonchev–Trinajstić information content (AvgIpc) is 2.37. The summed E-state index contributed by atoms with van der Waals surface area (Å²) < 4.78 is 6.55. The molecule has 3 N–H and O–H groups in total. The monoisotopic (exact) mass is 321 g/mol. The number of nitrogens with zero attached hydrogens (tertiary/aromatic N) is 2. The number of amidine groups is 1. The van der Waals surface area contributed by atoms with Crippen LogP contribution in [0, 0.1) is 6.92 Å². The third-order valence-corrected chi connectivity index (χ3v) is 2.85. The molecule has 0 aliphatic rings. The number of hydrogen-bond donors (Lipinski definition) is 2. The summed E-state index contributed by atoms with van der Waals surface area (Å²) in [6, 6.07) is 10.7. The van der Waals surface area contributed by atoms with Crippen molar-refractivity contribution >= 4 is 21.8 Å². The van der Waals surface area contributed by atoms with Gasteiger partial charge in [0.15, 0.2) is 5.84 Å². The minimum Gasteiger partial charge on any atom is -0.439 e. The third-order valence-electron chi connectivity index (χ3n) is 2.35. The van der Waals surface area contributed by atoms with Gasteiger partial charge in [0.2, 0.25) is 5.88 Å². The van der Waals surface area contributed by atoms with Gasteiger partial charge in [-0.3, -0.25) is 0 Å². The van der Waals surface area contributed by atoms with E-state index in [2.05, 4.69) is 26.1 Å². The van der Waals surface area contributed by atoms with Crippen molar-refractivity contribution in [1.82, 2.24) is 4.98 Å². The zero-order chi connectivity index (χ0) is 13.8. The third kappa shape index (κ3) is 3.45. The Kier molecular flexibility index (Phi) is 4.01. The second kappa shape index (κ2) is 5.71. The van der Waals surface area contributed by atoms with Crippen LogP contribution < -0.4 is 10.5 Å². The van der Waals surface area contributed by atoms with Crippen LogP contribution in [0.3, 0.4) is 0 Å². The molecular weight excluding hydrogens is 310 g/mol. The van der Waals surface area contributed by atoms with Crippen LogP contribution >= 0.6 is 15.9 Å². The van der Waals surface area contributed by atoms with E-state index in [0.29, 0.717) is 22.9 Å². The van der Waals surface area contributed by atoms with Crippen LogP contribution in [0.1, 0.15) is 11.3 Å². The molecular formula is C13H12BrN3O2. The van der Waals surface area contributed by atoms with Crippen molar-refractivity contribution in [3.8, 4) is 11.6 Å². The van der Waals surface area contributed by atoms with E-state index in [9.17, 15) is 0 Å². The lowest BCUT2D eigenvalue weighted by molar-refractivity contribution is 0.318. The standard InChI is InChI=1S/C13H12BrN3O2/c1-8-5-9(13(15)17-18)6-12(16-8)19-11-4-2-3-10(14)7-11/h2-7,18H,1H3,(H2,15,17). The Balaban J connectivity index is 2.33. The van der Waals surface area contributed by atoms with E-state index < -0.39 is 0 Å². The maximum atomic E-state index is 8.69. The van der Waals surface area contributed by atoms with Crippen LogP contribution in [-0.2, 0) is 0 Å². The summed E-state index contributed by atoms with van der Waals surface area (Å²) in [7, 11) is 0. The minimum atomic E-state index is 0.0181. The lowest BCUT2D eigenvalue weighted by Crippen LogP contribution is -2.13. The van der Waals surface area contributed by atoms with E-state index in [1.807, 2.05) is 31.2 Å². The first kappa shape index (κ1) is 13.4. The Morgan fingerprint density at radius 3 is 2.84 bits per heavy atom. The maximum Gasteiger partial charge on any atom is 0.220 e. The first-order chi connectivity index (χ1) is 9.08. The highest BCUT2D eigenvalue weighted by Crippen LogP contribution is 2.24. The quantitative estimate of drug-likeness (QED) is 0.394. The van der Waals surface area contributed by atoms with Gasteiger partial charge < -0.3 is 15.7 Å². The highest BCUT2D eigenvalue weighted by Gasteiger charge is 2.06. The van der Waals surface area contributed by atoms with Crippen molar-refractivity contribution in [1.29, 1.82) is 0 Å². The number of pyridine rings is 1. The molecule has 19 heavy (non-hydrogen) atoms. The first-order valence-electron chi connectivity index (χ1n) is 5.48. The summed E-state index contributed by atoms with van der Waals surface area (Å²) in [5, 5.41) is 11.7. The van der Waals surface area contributed by atoms with Crippen molar-refractivity contribution in [2.45, 2.75) is 6.92 Å². The molecule has 0 aliphatic heterocycles. The molecule has 0 saturated carbocycles. The molecule has 0 bridgehead atoms. The summed E-state index contributed by atoms with van der Waals surface area (Å²) in [6.07, 6.45) is 0. The summed E-state index contributed by atoms with van der Waals surface area (Å²) in [4.78, 5) is 4.25. The number of oxime groups is 1. The fourth-order valence-corrected chi connectivity index (χ4v) is 1.93. The van der Waals surface area contributed by atoms with Crippen LogP contribution in [0.5, 0.6) is 11.6 Å². The fourth-order valence-electron chi connectivity index (χ4n) is 1.55. The normalized spacial score (nSPS) is 11.4. The van der Waals surface area contributed by atoms with Crippen molar-refractivity contribution in [3.05, 3.63) is 52.1 Å². The number of halogens is 1. The zero-order valence-electron chi connectivity index (χ0n) is 10.2. The molecule has 0 amide bonds. The molecule has 1 heterocycles. The SMILES string of the molecule is Cc1cc(/C(N)=N/O)cc(Oc2cccc(Br)c2)n1. The van der Waals surface area contributed by atoms with Crippen LogP contribution in [0.15, 0.2) is 46.0 Å². The van der Waals surface area contributed by atoms with Gasteiger partial charge in [0.1, 0.15) is 5.75 Å². The maximum absolute atomic E-state index is 8.69. The van der Waals surface area contributed by atoms with Crippen LogP contribution in [0.4, 0.5) is 0 Å². The second-order valence-electron chi connectivity index (χ2n) is 3.88. The van der Waals surface area contributed by atoms with Crippen LogP contribution in [-0.4, -0.2) is 16.0 Å². The molecule has 0 aliphatic carbocycles. The van der Waals surface area contributed by atoms with E-state index in [1.165, 1.54) is 0 Å². The number of aromatic nitrogens is 1.